The maximum absolute atomic E-state index is 5.87. The Morgan fingerprint density at radius 3 is 2.42 bits per heavy atom. The van der Waals surface area contributed by atoms with Gasteiger partial charge >= 0.3 is 0 Å². The lowest BCUT2D eigenvalue weighted by Crippen LogP contribution is -2.23. The smallest absolute Gasteiger partial charge is 0.122 e. The molecule has 108 valence electrons. The van der Waals surface area contributed by atoms with E-state index in [2.05, 4.69) is 51.0 Å². The van der Waals surface area contributed by atoms with Gasteiger partial charge in [-0.05, 0) is 64.9 Å². The summed E-state index contributed by atoms with van der Waals surface area (Å²) in [4.78, 5) is 2.26. The first-order valence-electron chi connectivity index (χ1n) is 7.11. The fourth-order valence-electron chi connectivity index (χ4n) is 2.34. The second-order valence-corrected chi connectivity index (χ2v) is 5.49. The second-order valence-electron chi connectivity index (χ2n) is 5.49. The van der Waals surface area contributed by atoms with Crippen molar-refractivity contribution in [2.45, 2.75) is 45.7 Å². The molecule has 2 atom stereocenters. The van der Waals surface area contributed by atoms with Crippen LogP contribution in [0.5, 0.6) is 5.75 Å². The molecule has 3 heteroatoms. The Bertz CT molecular complexity index is 388. The molecule has 2 unspecified atom stereocenters. The molecule has 0 saturated carbocycles. The van der Waals surface area contributed by atoms with Crippen LogP contribution in [0.4, 0.5) is 0 Å². The molecule has 0 saturated heterocycles. The molecule has 1 rings (SSSR count). The van der Waals surface area contributed by atoms with E-state index in [0.29, 0.717) is 12.6 Å². The Hall–Kier alpha value is -1.06. The minimum Gasteiger partial charge on any atom is -0.494 e. The standard InChI is InChI=1S/C16H28N2O/c1-6-19-16-10-8-14(11-12(16)2)15(18(4)5)9-7-13(3)17/h8,10-11,13,15H,6-7,9,17H2,1-5H3. The van der Waals surface area contributed by atoms with Gasteiger partial charge in [-0.15, -0.1) is 0 Å². The largest absolute Gasteiger partial charge is 0.494 e. The average molecular weight is 264 g/mol. The summed E-state index contributed by atoms with van der Waals surface area (Å²) in [6.45, 7) is 6.89. The number of hydrogen-bond acceptors (Lipinski definition) is 3. The zero-order valence-electron chi connectivity index (χ0n) is 12.9. The van der Waals surface area contributed by atoms with Crippen LogP contribution in [-0.4, -0.2) is 31.6 Å². The molecular formula is C16H28N2O. The van der Waals surface area contributed by atoms with E-state index >= 15 is 0 Å². The first kappa shape index (κ1) is 16.0. The van der Waals surface area contributed by atoms with Crippen molar-refractivity contribution in [3.8, 4) is 5.75 Å². The molecule has 0 fully saturated rings. The molecule has 0 aliphatic rings. The molecule has 19 heavy (non-hydrogen) atoms. The molecule has 0 aliphatic carbocycles. The summed E-state index contributed by atoms with van der Waals surface area (Å²) in [5, 5.41) is 0. The fourth-order valence-corrected chi connectivity index (χ4v) is 2.34. The van der Waals surface area contributed by atoms with E-state index in [1.54, 1.807) is 0 Å². The number of ether oxygens (including phenoxy) is 1. The van der Waals surface area contributed by atoms with Crippen molar-refractivity contribution in [2.75, 3.05) is 20.7 Å². The van der Waals surface area contributed by atoms with Gasteiger partial charge in [0.2, 0.25) is 0 Å². The second kappa shape index (κ2) is 7.51. The van der Waals surface area contributed by atoms with E-state index in [-0.39, 0.29) is 6.04 Å². The van der Waals surface area contributed by atoms with Gasteiger partial charge in [0.05, 0.1) is 6.61 Å². The van der Waals surface area contributed by atoms with Gasteiger partial charge in [0.15, 0.2) is 0 Å². The van der Waals surface area contributed by atoms with Crippen LogP contribution in [0.1, 0.15) is 43.9 Å². The molecular weight excluding hydrogens is 236 g/mol. The monoisotopic (exact) mass is 264 g/mol. The number of benzene rings is 1. The third kappa shape index (κ3) is 4.84. The Kier molecular flexibility index (Phi) is 6.32. The van der Waals surface area contributed by atoms with Crippen molar-refractivity contribution in [1.82, 2.24) is 4.90 Å². The minimum atomic E-state index is 0.256. The van der Waals surface area contributed by atoms with E-state index in [9.17, 15) is 0 Å². The van der Waals surface area contributed by atoms with Crippen LogP contribution in [0.3, 0.4) is 0 Å². The van der Waals surface area contributed by atoms with E-state index in [0.717, 1.165) is 18.6 Å². The normalized spacial score (nSPS) is 14.5. The Morgan fingerprint density at radius 1 is 1.26 bits per heavy atom. The van der Waals surface area contributed by atoms with Crippen molar-refractivity contribution in [2.24, 2.45) is 5.73 Å². The van der Waals surface area contributed by atoms with Crippen molar-refractivity contribution >= 4 is 0 Å². The summed E-state index contributed by atoms with van der Waals surface area (Å²) >= 11 is 0. The average Bonchev–Trinajstić information content (AvgIpc) is 2.32. The van der Waals surface area contributed by atoms with Crippen molar-refractivity contribution in [3.05, 3.63) is 29.3 Å². The number of nitrogens with two attached hydrogens (primary N) is 1. The van der Waals surface area contributed by atoms with Gasteiger partial charge < -0.3 is 15.4 Å². The Morgan fingerprint density at radius 2 is 1.95 bits per heavy atom. The van der Waals surface area contributed by atoms with Crippen molar-refractivity contribution in [1.29, 1.82) is 0 Å². The van der Waals surface area contributed by atoms with E-state index < -0.39 is 0 Å². The first-order chi connectivity index (χ1) is 8.95. The van der Waals surface area contributed by atoms with Gasteiger partial charge in [0.1, 0.15) is 5.75 Å². The van der Waals surface area contributed by atoms with Crippen LogP contribution in [0.15, 0.2) is 18.2 Å². The lowest BCUT2D eigenvalue weighted by atomic mass is 9.97. The molecule has 0 aliphatic heterocycles. The van der Waals surface area contributed by atoms with Crippen molar-refractivity contribution < 1.29 is 4.74 Å². The lowest BCUT2D eigenvalue weighted by Gasteiger charge is -2.26. The van der Waals surface area contributed by atoms with Gasteiger partial charge in [-0.2, -0.15) is 0 Å². The Labute approximate surface area is 117 Å². The van der Waals surface area contributed by atoms with Gasteiger partial charge in [-0.1, -0.05) is 12.1 Å². The fraction of sp³-hybridized carbons (Fsp3) is 0.625. The van der Waals surface area contributed by atoms with Crippen LogP contribution in [0.2, 0.25) is 0 Å². The van der Waals surface area contributed by atoms with Gasteiger partial charge in [0.25, 0.3) is 0 Å². The van der Waals surface area contributed by atoms with E-state index in [4.69, 9.17) is 10.5 Å². The Balaban J connectivity index is 2.87. The molecule has 0 spiro atoms. The van der Waals surface area contributed by atoms with Crippen molar-refractivity contribution in [3.63, 3.8) is 0 Å². The topological polar surface area (TPSA) is 38.5 Å². The SMILES string of the molecule is CCOc1ccc(C(CCC(C)N)N(C)C)cc1C. The summed E-state index contributed by atoms with van der Waals surface area (Å²) in [5.74, 6) is 0.982. The van der Waals surface area contributed by atoms with Crippen LogP contribution >= 0.6 is 0 Å². The summed E-state index contributed by atoms with van der Waals surface area (Å²) < 4.78 is 5.60. The molecule has 0 aromatic heterocycles. The van der Waals surface area contributed by atoms with E-state index in [1.807, 2.05) is 6.92 Å². The molecule has 2 N–H and O–H groups in total. The van der Waals surface area contributed by atoms with Crippen LogP contribution in [0.25, 0.3) is 0 Å². The zero-order valence-corrected chi connectivity index (χ0v) is 12.9. The predicted molar refractivity (Wildman–Crippen MR) is 81.7 cm³/mol. The molecule has 0 radical (unpaired) electrons. The number of rotatable bonds is 7. The first-order valence-corrected chi connectivity index (χ1v) is 7.11. The number of aryl methyl sites for hydroxylation is 1. The molecule has 0 amide bonds. The highest BCUT2D eigenvalue weighted by molar-refractivity contribution is 5.37. The zero-order chi connectivity index (χ0) is 14.4. The lowest BCUT2D eigenvalue weighted by molar-refractivity contribution is 0.274. The van der Waals surface area contributed by atoms with Crippen LogP contribution in [0, 0.1) is 6.92 Å². The molecule has 0 heterocycles. The van der Waals surface area contributed by atoms with Gasteiger partial charge in [0, 0.05) is 12.1 Å². The highest BCUT2D eigenvalue weighted by Crippen LogP contribution is 2.28. The van der Waals surface area contributed by atoms with Crippen LogP contribution in [-0.2, 0) is 0 Å². The third-order valence-corrected chi connectivity index (χ3v) is 3.40. The maximum Gasteiger partial charge on any atom is 0.122 e. The van der Waals surface area contributed by atoms with Gasteiger partial charge in [-0.3, -0.25) is 0 Å². The maximum atomic E-state index is 5.87. The summed E-state index contributed by atoms with van der Waals surface area (Å²) in [6, 6.07) is 7.16. The highest BCUT2D eigenvalue weighted by atomic mass is 16.5. The van der Waals surface area contributed by atoms with Crippen LogP contribution < -0.4 is 10.5 Å². The number of nitrogens with zero attached hydrogens (tertiary/aromatic N) is 1. The minimum absolute atomic E-state index is 0.256. The molecule has 1 aromatic rings. The molecule has 3 nitrogen and oxygen atoms in total. The highest BCUT2D eigenvalue weighted by Gasteiger charge is 2.15. The van der Waals surface area contributed by atoms with Gasteiger partial charge in [-0.25, -0.2) is 0 Å². The molecule has 0 bridgehead atoms. The summed E-state index contributed by atoms with van der Waals surface area (Å²) in [6.07, 6.45) is 2.12. The quantitative estimate of drug-likeness (QED) is 0.822. The van der Waals surface area contributed by atoms with E-state index in [1.165, 1.54) is 11.1 Å². The molecule has 1 aromatic carbocycles. The number of hydrogen-bond donors (Lipinski definition) is 1. The third-order valence-electron chi connectivity index (χ3n) is 3.40. The summed E-state index contributed by atoms with van der Waals surface area (Å²) in [5.41, 5.74) is 8.41. The summed E-state index contributed by atoms with van der Waals surface area (Å²) in [7, 11) is 4.25. The predicted octanol–water partition coefficient (Wildman–Crippen LogP) is 3.12.